The molecule has 2 amide bonds. The second-order valence-corrected chi connectivity index (χ2v) is 7.56. The topological polar surface area (TPSA) is 67.9 Å². The molecule has 0 radical (unpaired) electrons. The van der Waals surface area contributed by atoms with Crippen molar-refractivity contribution in [3.63, 3.8) is 0 Å². The number of amides is 2. The van der Waals surface area contributed by atoms with Gasteiger partial charge in [0.15, 0.2) is 0 Å². The maximum atomic E-state index is 13.3. The molecule has 3 aromatic rings. The standard InChI is InChI=1S/C27H26N2O4/c1-3-33-23-15-11-21(12-16-23)28-25-24(20-7-5-4-6-8-20)26(30)29(27(25)31)18-17-19-9-13-22(32-2)14-10-19/h4-16,28H,3,17-18H2,1-2H3. The van der Waals surface area contributed by atoms with E-state index in [0.717, 1.165) is 17.1 Å². The lowest BCUT2D eigenvalue weighted by Gasteiger charge is -2.15. The molecule has 6 nitrogen and oxygen atoms in total. The highest BCUT2D eigenvalue weighted by atomic mass is 16.5. The highest BCUT2D eigenvalue weighted by molar-refractivity contribution is 6.36. The number of imide groups is 1. The number of carbonyl (C=O) groups is 2. The molecular weight excluding hydrogens is 416 g/mol. The fraction of sp³-hybridized carbons (Fsp3) is 0.185. The summed E-state index contributed by atoms with van der Waals surface area (Å²) in [5.74, 6) is 0.881. The highest BCUT2D eigenvalue weighted by Gasteiger charge is 2.38. The zero-order chi connectivity index (χ0) is 23.2. The molecule has 0 aromatic heterocycles. The molecule has 168 valence electrons. The number of benzene rings is 3. The number of hydrogen-bond acceptors (Lipinski definition) is 5. The first-order chi connectivity index (χ1) is 16.1. The minimum absolute atomic E-state index is 0.282. The Morgan fingerprint density at radius 1 is 0.818 bits per heavy atom. The van der Waals surface area contributed by atoms with Crippen molar-refractivity contribution in [3.05, 3.63) is 95.7 Å². The van der Waals surface area contributed by atoms with Gasteiger partial charge in [-0.05, 0) is 60.9 Å². The van der Waals surface area contributed by atoms with Crippen LogP contribution in [0.1, 0.15) is 18.1 Å². The number of hydrogen-bond donors (Lipinski definition) is 1. The van der Waals surface area contributed by atoms with Crippen molar-refractivity contribution in [1.29, 1.82) is 0 Å². The summed E-state index contributed by atoms with van der Waals surface area (Å²) < 4.78 is 10.7. The van der Waals surface area contributed by atoms with Gasteiger partial charge in [-0.3, -0.25) is 14.5 Å². The van der Waals surface area contributed by atoms with Crippen LogP contribution >= 0.6 is 0 Å². The van der Waals surface area contributed by atoms with Crippen LogP contribution in [0.5, 0.6) is 11.5 Å². The van der Waals surface area contributed by atoms with Gasteiger partial charge >= 0.3 is 0 Å². The molecule has 0 unspecified atom stereocenters. The van der Waals surface area contributed by atoms with Crippen LogP contribution in [0.25, 0.3) is 5.57 Å². The molecule has 1 heterocycles. The molecule has 0 aliphatic carbocycles. The molecule has 1 aliphatic rings. The van der Waals surface area contributed by atoms with Gasteiger partial charge in [0.2, 0.25) is 0 Å². The van der Waals surface area contributed by atoms with Crippen LogP contribution in [0, 0.1) is 0 Å². The summed E-state index contributed by atoms with van der Waals surface area (Å²) in [5.41, 5.74) is 3.09. The van der Waals surface area contributed by atoms with Gasteiger partial charge in [-0.1, -0.05) is 42.5 Å². The second kappa shape index (κ2) is 10.0. The quantitative estimate of drug-likeness (QED) is 0.493. The van der Waals surface area contributed by atoms with Gasteiger partial charge in [-0.25, -0.2) is 0 Å². The van der Waals surface area contributed by atoms with Gasteiger partial charge in [0.25, 0.3) is 11.8 Å². The van der Waals surface area contributed by atoms with Gasteiger partial charge in [0.05, 0.1) is 19.3 Å². The Labute approximate surface area is 193 Å². The normalized spacial score (nSPS) is 13.5. The van der Waals surface area contributed by atoms with E-state index in [1.165, 1.54) is 4.90 Å². The molecule has 0 saturated heterocycles. The highest BCUT2D eigenvalue weighted by Crippen LogP contribution is 2.31. The third kappa shape index (κ3) is 4.90. The summed E-state index contributed by atoms with van der Waals surface area (Å²) in [6.07, 6.45) is 0.555. The Bertz CT molecular complexity index is 1150. The summed E-state index contributed by atoms with van der Waals surface area (Å²) in [6, 6.07) is 24.2. The molecule has 0 bridgehead atoms. The maximum absolute atomic E-state index is 13.3. The monoisotopic (exact) mass is 442 g/mol. The third-order valence-electron chi connectivity index (χ3n) is 5.45. The number of anilines is 1. The van der Waals surface area contributed by atoms with E-state index in [1.54, 1.807) is 7.11 Å². The van der Waals surface area contributed by atoms with E-state index in [9.17, 15) is 9.59 Å². The number of nitrogens with zero attached hydrogens (tertiary/aromatic N) is 1. The summed E-state index contributed by atoms with van der Waals surface area (Å²) in [5, 5.41) is 3.18. The lowest BCUT2D eigenvalue weighted by Crippen LogP contribution is -2.34. The summed E-state index contributed by atoms with van der Waals surface area (Å²) in [6.45, 7) is 2.79. The van der Waals surface area contributed by atoms with Crippen molar-refractivity contribution < 1.29 is 19.1 Å². The largest absolute Gasteiger partial charge is 0.497 e. The summed E-state index contributed by atoms with van der Waals surface area (Å²) in [4.78, 5) is 28.0. The lowest BCUT2D eigenvalue weighted by molar-refractivity contribution is -0.136. The van der Waals surface area contributed by atoms with Crippen molar-refractivity contribution in [2.75, 3.05) is 25.6 Å². The molecule has 33 heavy (non-hydrogen) atoms. The fourth-order valence-electron chi connectivity index (χ4n) is 3.75. The van der Waals surface area contributed by atoms with E-state index >= 15 is 0 Å². The molecule has 1 aliphatic heterocycles. The van der Waals surface area contributed by atoms with Crippen molar-refractivity contribution >= 4 is 23.1 Å². The van der Waals surface area contributed by atoms with E-state index in [-0.39, 0.29) is 24.1 Å². The van der Waals surface area contributed by atoms with E-state index in [2.05, 4.69) is 5.32 Å². The van der Waals surface area contributed by atoms with Crippen LogP contribution < -0.4 is 14.8 Å². The van der Waals surface area contributed by atoms with Crippen LogP contribution in [0.15, 0.2) is 84.6 Å². The Kier molecular flexibility index (Phi) is 6.74. The molecule has 1 N–H and O–H groups in total. The van der Waals surface area contributed by atoms with Gasteiger partial charge in [0, 0.05) is 12.2 Å². The fourth-order valence-corrected chi connectivity index (χ4v) is 3.75. The lowest BCUT2D eigenvalue weighted by atomic mass is 10.0. The number of rotatable bonds is 9. The minimum Gasteiger partial charge on any atom is -0.497 e. The second-order valence-electron chi connectivity index (χ2n) is 7.56. The van der Waals surface area contributed by atoms with Crippen molar-refractivity contribution in [1.82, 2.24) is 4.90 Å². The molecule has 3 aromatic carbocycles. The van der Waals surface area contributed by atoms with E-state index in [0.29, 0.717) is 29.9 Å². The van der Waals surface area contributed by atoms with Crippen molar-refractivity contribution in [3.8, 4) is 11.5 Å². The molecule has 4 rings (SSSR count). The smallest absolute Gasteiger partial charge is 0.278 e. The van der Waals surface area contributed by atoms with Crippen molar-refractivity contribution in [2.24, 2.45) is 0 Å². The third-order valence-corrected chi connectivity index (χ3v) is 5.45. The van der Waals surface area contributed by atoms with Crippen LogP contribution in [-0.2, 0) is 16.0 Å². The average molecular weight is 443 g/mol. The van der Waals surface area contributed by atoms with Crippen molar-refractivity contribution in [2.45, 2.75) is 13.3 Å². The van der Waals surface area contributed by atoms with Gasteiger partial charge in [-0.15, -0.1) is 0 Å². The first-order valence-electron chi connectivity index (χ1n) is 10.9. The van der Waals surface area contributed by atoms with Crippen LogP contribution in [-0.4, -0.2) is 37.0 Å². The zero-order valence-corrected chi connectivity index (χ0v) is 18.7. The van der Waals surface area contributed by atoms with Crippen LogP contribution in [0.2, 0.25) is 0 Å². The van der Waals surface area contributed by atoms with E-state index in [4.69, 9.17) is 9.47 Å². The Morgan fingerprint density at radius 3 is 2.12 bits per heavy atom. The SMILES string of the molecule is CCOc1ccc(NC2=C(c3ccccc3)C(=O)N(CCc3ccc(OC)cc3)C2=O)cc1. The summed E-state index contributed by atoms with van der Waals surface area (Å²) in [7, 11) is 1.62. The number of carbonyl (C=O) groups excluding carboxylic acids is 2. The Morgan fingerprint density at radius 2 is 1.48 bits per heavy atom. The number of ether oxygens (including phenoxy) is 2. The molecular formula is C27H26N2O4. The van der Waals surface area contributed by atoms with Crippen LogP contribution in [0.3, 0.4) is 0 Å². The van der Waals surface area contributed by atoms with Crippen LogP contribution in [0.4, 0.5) is 5.69 Å². The molecule has 0 fully saturated rings. The number of nitrogens with one attached hydrogen (secondary N) is 1. The molecule has 0 saturated carbocycles. The predicted octanol–water partition coefficient (Wildman–Crippen LogP) is 4.53. The first kappa shape index (κ1) is 22.1. The van der Waals surface area contributed by atoms with Gasteiger partial charge in [0.1, 0.15) is 17.2 Å². The average Bonchev–Trinajstić information content (AvgIpc) is 3.08. The summed E-state index contributed by atoms with van der Waals surface area (Å²) >= 11 is 0. The van der Waals surface area contributed by atoms with E-state index < -0.39 is 0 Å². The van der Waals surface area contributed by atoms with E-state index in [1.807, 2.05) is 85.8 Å². The molecule has 0 atom stereocenters. The minimum atomic E-state index is -0.332. The Hall–Kier alpha value is -4.06. The molecule has 0 spiro atoms. The van der Waals surface area contributed by atoms with Gasteiger partial charge in [-0.2, -0.15) is 0 Å². The van der Waals surface area contributed by atoms with Gasteiger partial charge < -0.3 is 14.8 Å². The zero-order valence-electron chi connectivity index (χ0n) is 18.7. The molecule has 6 heteroatoms. The predicted molar refractivity (Wildman–Crippen MR) is 128 cm³/mol. The first-order valence-corrected chi connectivity index (χ1v) is 10.9. The maximum Gasteiger partial charge on any atom is 0.278 e. The number of methoxy groups -OCH3 is 1. The Balaban J connectivity index is 1.58.